The summed E-state index contributed by atoms with van der Waals surface area (Å²) in [6.45, 7) is 12.2. The fourth-order valence-corrected chi connectivity index (χ4v) is 3.37. The summed E-state index contributed by atoms with van der Waals surface area (Å²) >= 11 is 0. The number of esters is 1. The van der Waals surface area contributed by atoms with Crippen LogP contribution in [0.1, 0.15) is 96.7 Å². The highest BCUT2D eigenvalue weighted by Gasteiger charge is 2.48. The fraction of sp³-hybridized carbons (Fsp3) is 0.548. The maximum Gasteiger partial charge on any atom is 0.350 e. The highest BCUT2D eigenvalue weighted by atomic mass is 16.6. The standard InChI is InChI=1S/C14H18O3.C9H13NO.C6H14.C2H4O/c1-3-16-13(15)14(9-4-10-14)17-12-7-5-11(2)6-8-12;1-7(10-2)8-3-5-9(11)6-4-8;1-3-5-6-4-2;1-2-3/h5-8H,3-4,9-10H2,1-2H3;3-7,10-11H,1-2H3;3-6H2,1-2H3;2H,1H3. The first-order valence-corrected chi connectivity index (χ1v) is 13.5. The molecule has 0 spiro atoms. The van der Waals surface area contributed by atoms with E-state index >= 15 is 0 Å². The molecule has 6 heteroatoms. The number of phenols is 1. The summed E-state index contributed by atoms with van der Waals surface area (Å²) in [6.07, 6.45) is 8.80. The zero-order valence-corrected chi connectivity index (χ0v) is 24.0. The van der Waals surface area contributed by atoms with Gasteiger partial charge in [0.05, 0.1) is 6.61 Å². The third-order valence-corrected chi connectivity index (χ3v) is 5.93. The molecule has 0 aromatic heterocycles. The van der Waals surface area contributed by atoms with Gasteiger partial charge in [0.15, 0.2) is 0 Å². The number of phenolic OH excluding ortho intramolecular Hbond substituents is 1. The number of carbonyl (C=O) groups is 2. The van der Waals surface area contributed by atoms with Gasteiger partial charge in [-0.2, -0.15) is 0 Å². The predicted molar refractivity (Wildman–Crippen MR) is 152 cm³/mol. The van der Waals surface area contributed by atoms with Crippen molar-refractivity contribution < 1.29 is 24.2 Å². The van der Waals surface area contributed by atoms with Gasteiger partial charge >= 0.3 is 5.97 Å². The van der Waals surface area contributed by atoms with Crippen LogP contribution in [0.25, 0.3) is 0 Å². The number of ether oxygens (including phenoxy) is 2. The minimum atomic E-state index is -0.731. The number of benzene rings is 2. The van der Waals surface area contributed by atoms with Crippen molar-refractivity contribution in [1.82, 2.24) is 5.32 Å². The SMILES string of the molecule is CC=O.CCCCCC.CCOC(=O)C1(Oc2ccc(C)cc2)CCC1.CNC(C)c1ccc(O)cc1. The minimum Gasteiger partial charge on any atom is -0.508 e. The topological polar surface area (TPSA) is 84.9 Å². The summed E-state index contributed by atoms with van der Waals surface area (Å²) in [7, 11) is 1.91. The van der Waals surface area contributed by atoms with Gasteiger partial charge in [-0.3, -0.25) is 0 Å². The average molecular weight is 516 g/mol. The first kappa shape index (κ1) is 34.1. The number of aldehydes is 1. The van der Waals surface area contributed by atoms with Crippen LogP contribution in [0.2, 0.25) is 0 Å². The Morgan fingerprint density at radius 3 is 1.92 bits per heavy atom. The monoisotopic (exact) mass is 515 g/mol. The molecule has 0 heterocycles. The summed E-state index contributed by atoms with van der Waals surface area (Å²) in [6, 6.07) is 15.3. The maximum atomic E-state index is 11.9. The highest BCUT2D eigenvalue weighted by molar-refractivity contribution is 5.81. The van der Waals surface area contributed by atoms with E-state index in [-0.39, 0.29) is 5.97 Å². The van der Waals surface area contributed by atoms with Gasteiger partial charge in [0, 0.05) is 6.04 Å². The van der Waals surface area contributed by atoms with E-state index in [1.807, 2.05) is 57.3 Å². The lowest BCUT2D eigenvalue weighted by Gasteiger charge is -2.39. The number of nitrogens with one attached hydrogen (secondary N) is 1. The quantitative estimate of drug-likeness (QED) is 0.207. The van der Waals surface area contributed by atoms with Gasteiger partial charge in [-0.1, -0.05) is 69.4 Å². The summed E-state index contributed by atoms with van der Waals surface area (Å²) in [4.78, 5) is 20.7. The molecular formula is C31H49NO5. The minimum absolute atomic E-state index is 0.230. The van der Waals surface area contributed by atoms with Gasteiger partial charge < -0.3 is 24.7 Å². The van der Waals surface area contributed by atoms with E-state index < -0.39 is 5.60 Å². The molecule has 1 aliphatic carbocycles. The van der Waals surface area contributed by atoms with Crippen LogP contribution in [0.3, 0.4) is 0 Å². The Bertz CT molecular complexity index is 841. The van der Waals surface area contributed by atoms with Crippen molar-refractivity contribution in [2.24, 2.45) is 0 Å². The lowest BCUT2D eigenvalue weighted by atomic mass is 9.80. The summed E-state index contributed by atoms with van der Waals surface area (Å²) in [5.41, 5.74) is 1.63. The number of carbonyl (C=O) groups excluding carboxylic acids is 2. The van der Waals surface area contributed by atoms with Crippen molar-refractivity contribution in [2.75, 3.05) is 13.7 Å². The second kappa shape index (κ2) is 20.2. The third kappa shape index (κ3) is 13.9. The number of hydrogen-bond acceptors (Lipinski definition) is 6. The zero-order chi connectivity index (χ0) is 28.1. The van der Waals surface area contributed by atoms with Crippen molar-refractivity contribution in [3.8, 4) is 11.5 Å². The van der Waals surface area contributed by atoms with Gasteiger partial charge in [0.2, 0.25) is 5.60 Å². The molecule has 0 radical (unpaired) electrons. The Morgan fingerprint density at radius 2 is 1.54 bits per heavy atom. The third-order valence-electron chi connectivity index (χ3n) is 5.93. The zero-order valence-electron chi connectivity index (χ0n) is 24.0. The van der Waals surface area contributed by atoms with E-state index in [0.717, 1.165) is 31.3 Å². The second-order valence-electron chi connectivity index (χ2n) is 9.03. The van der Waals surface area contributed by atoms with Crippen molar-refractivity contribution in [1.29, 1.82) is 0 Å². The van der Waals surface area contributed by atoms with E-state index in [0.29, 0.717) is 18.4 Å². The van der Waals surface area contributed by atoms with Gasteiger partial charge in [-0.05, 0) is 83.8 Å². The van der Waals surface area contributed by atoms with E-state index in [1.54, 1.807) is 12.1 Å². The van der Waals surface area contributed by atoms with Crippen molar-refractivity contribution >= 4 is 12.3 Å². The van der Waals surface area contributed by atoms with Crippen molar-refractivity contribution in [2.45, 2.75) is 98.1 Å². The van der Waals surface area contributed by atoms with Crippen molar-refractivity contribution in [3.63, 3.8) is 0 Å². The van der Waals surface area contributed by atoms with Crippen LogP contribution in [0, 0.1) is 6.92 Å². The Labute approximate surface area is 224 Å². The molecular weight excluding hydrogens is 466 g/mol. The molecule has 1 atom stereocenters. The Balaban J connectivity index is 0.000000556. The van der Waals surface area contributed by atoms with E-state index in [4.69, 9.17) is 19.4 Å². The first-order chi connectivity index (χ1) is 17.7. The van der Waals surface area contributed by atoms with Gasteiger partial charge in [0.25, 0.3) is 0 Å². The molecule has 1 fully saturated rings. The molecule has 37 heavy (non-hydrogen) atoms. The van der Waals surface area contributed by atoms with Crippen LogP contribution in [-0.2, 0) is 14.3 Å². The molecule has 0 amide bonds. The molecule has 1 aliphatic rings. The van der Waals surface area contributed by atoms with Crippen LogP contribution in [0.15, 0.2) is 48.5 Å². The van der Waals surface area contributed by atoms with Crippen LogP contribution >= 0.6 is 0 Å². The highest BCUT2D eigenvalue weighted by Crippen LogP contribution is 2.37. The maximum absolute atomic E-state index is 11.9. The van der Waals surface area contributed by atoms with E-state index in [1.165, 1.54) is 43.7 Å². The van der Waals surface area contributed by atoms with Crippen LogP contribution in [0.5, 0.6) is 11.5 Å². The first-order valence-electron chi connectivity index (χ1n) is 13.5. The molecule has 0 bridgehead atoms. The number of aromatic hydroxyl groups is 1. The second-order valence-corrected chi connectivity index (χ2v) is 9.03. The van der Waals surface area contributed by atoms with E-state index in [2.05, 4.69) is 26.1 Å². The summed E-state index contributed by atoms with van der Waals surface area (Å²) in [5, 5.41) is 12.1. The Hall–Kier alpha value is -2.86. The molecule has 208 valence electrons. The fourth-order valence-electron chi connectivity index (χ4n) is 3.37. The van der Waals surface area contributed by atoms with Gasteiger partial charge in [0.1, 0.15) is 17.8 Å². The van der Waals surface area contributed by atoms with Crippen LogP contribution in [0.4, 0.5) is 0 Å². The lowest BCUT2D eigenvalue weighted by molar-refractivity contribution is -0.169. The van der Waals surface area contributed by atoms with Gasteiger partial charge in [-0.15, -0.1) is 0 Å². The largest absolute Gasteiger partial charge is 0.508 e. The van der Waals surface area contributed by atoms with Crippen LogP contribution < -0.4 is 10.1 Å². The Kier molecular flexibility index (Phi) is 18.7. The Morgan fingerprint density at radius 1 is 1.03 bits per heavy atom. The number of rotatable bonds is 9. The van der Waals surface area contributed by atoms with Gasteiger partial charge in [-0.25, -0.2) is 4.79 Å². The van der Waals surface area contributed by atoms with Crippen LogP contribution in [-0.4, -0.2) is 36.6 Å². The molecule has 0 aliphatic heterocycles. The lowest BCUT2D eigenvalue weighted by Crippen LogP contribution is -2.51. The molecule has 6 nitrogen and oxygen atoms in total. The number of hydrogen-bond donors (Lipinski definition) is 2. The number of unbranched alkanes of at least 4 members (excludes halogenated alkanes) is 3. The van der Waals surface area contributed by atoms with Crippen molar-refractivity contribution in [3.05, 3.63) is 59.7 Å². The normalized spacial score (nSPS) is 13.5. The molecule has 2 aromatic rings. The summed E-state index contributed by atoms with van der Waals surface area (Å²) < 4.78 is 10.9. The molecule has 0 saturated heterocycles. The summed E-state index contributed by atoms with van der Waals surface area (Å²) in [5.74, 6) is 0.826. The average Bonchev–Trinajstić information content (AvgIpc) is 2.87. The smallest absolute Gasteiger partial charge is 0.350 e. The molecule has 1 unspecified atom stereocenters. The molecule has 3 rings (SSSR count). The van der Waals surface area contributed by atoms with E-state index in [9.17, 15) is 4.79 Å². The molecule has 1 saturated carbocycles. The molecule has 2 N–H and O–H groups in total. The molecule has 2 aromatic carbocycles. The predicted octanol–water partition coefficient (Wildman–Crippen LogP) is 7.32. The number of aryl methyl sites for hydroxylation is 1.